The Balaban J connectivity index is 1.51. The largest absolute Gasteiger partial charge is 0.352 e. The zero-order chi connectivity index (χ0) is 18.9. The number of hydrogen-bond donors (Lipinski definition) is 2. The first-order valence-corrected chi connectivity index (χ1v) is 9.31. The molecule has 2 aromatic heterocycles. The number of carbonyl (C=O) groups is 2. The van der Waals surface area contributed by atoms with Crippen LogP contribution in [0.5, 0.6) is 0 Å². The highest BCUT2D eigenvalue weighted by atomic mass is 16.2. The first-order chi connectivity index (χ1) is 13.2. The highest BCUT2D eigenvalue weighted by molar-refractivity contribution is 5.98. The number of nitrogens with zero attached hydrogens (tertiary/aromatic N) is 2. The maximum Gasteiger partial charge on any atom is 0.270 e. The molecule has 6 nitrogen and oxygen atoms in total. The Kier molecular flexibility index (Phi) is 6.68. The van der Waals surface area contributed by atoms with Crippen LogP contribution in [0.4, 0.5) is 0 Å². The van der Waals surface area contributed by atoms with Crippen LogP contribution in [0.15, 0.2) is 54.5 Å². The molecular formula is C21H24N4O2. The van der Waals surface area contributed by atoms with Gasteiger partial charge in [0.15, 0.2) is 0 Å². The zero-order valence-corrected chi connectivity index (χ0v) is 15.3. The second-order valence-electron chi connectivity index (χ2n) is 6.59. The molecule has 0 spiro atoms. The minimum Gasteiger partial charge on any atom is -0.352 e. The van der Waals surface area contributed by atoms with E-state index in [0.29, 0.717) is 18.7 Å². The lowest BCUT2D eigenvalue weighted by molar-refractivity contribution is 0.0946. The van der Waals surface area contributed by atoms with Gasteiger partial charge in [0.2, 0.25) is 0 Å². The van der Waals surface area contributed by atoms with Gasteiger partial charge in [0.25, 0.3) is 11.8 Å². The van der Waals surface area contributed by atoms with E-state index in [0.717, 1.165) is 24.8 Å². The molecule has 1 aliphatic carbocycles. The summed E-state index contributed by atoms with van der Waals surface area (Å²) in [6.45, 7) is 0.968. The normalized spacial score (nSPS) is 13.6. The molecule has 2 aromatic rings. The van der Waals surface area contributed by atoms with E-state index in [4.69, 9.17) is 0 Å². The molecule has 0 saturated heterocycles. The molecule has 2 amide bonds. The van der Waals surface area contributed by atoms with Crippen LogP contribution in [0.25, 0.3) is 0 Å². The first kappa shape index (κ1) is 18.8. The Bertz CT molecular complexity index is 818. The van der Waals surface area contributed by atoms with E-state index in [-0.39, 0.29) is 17.5 Å². The van der Waals surface area contributed by atoms with Gasteiger partial charge in [-0.25, -0.2) is 0 Å². The molecule has 6 heteroatoms. The summed E-state index contributed by atoms with van der Waals surface area (Å²) in [4.78, 5) is 32.7. The molecule has 0 aliphatic heterocycles. The lowest BCUT2D eigenvalue weighted by atomic mass is 9.97. The van der Waals surface area contributed by atoms with Crippen molar-refractivity contribution in [3.63, 3.8) is 0 Å². The molecule has 0 fully saturated rings. The Morgan fingerprint density at radius 3 is 2.78 bits per heavy atom. The third-order valence-electron chi connectivity index (χ3n) is 4.55. The Hall–Kier alpha value is -3.02. The minimum atomic E-state index is -0.319. The standard InChI is InChI=1S/C21H24N4O2/c26-20(24-11-8-16-5-2-1-3-6-16)18-9-12-23-19(13-18)21(27)25-15-17-7-4-10-22-14-17/h4-5,7,9-10,12-14H,1-3,6,8,11,15H2,(H,24,26)(H,25,27). The molecule has 0 unspecified atom stereocenters. The van der Waals surface area contributed by atoms with Crippen LogP contribution in [-0.2, 0) is 6.54 Å². The lowest BCUT2D eigenvalue weighted by Crippen LogP contribution is -2.27. The van der Waals surface area contributed by atoms with Gasteiger partial charge in [-0.3, -0.25) is 19.6 Å². The SMILES string of the molecule is O=C(NCCC1=CCCCC1)c1ccnc(C(=O)NCc2cccnc2)c1. The number of nitrogens with one attached hydrogen (secondary N) is 2. The predicted octanol–water partition coefficient (Wildman–Crippen LogP) is 3.03. The highest BCUT2D eigenvalue weighted by Crippen LogP contribution is 2.19. The molecular weight excluding hydrogens is 340 g/mol. The number of allylic oxidation sites excluding steroid dienone is 1. The maximum absolute atomic E-state index is 12.3. The van der Waals surface area contributed by atoms with Crippen LogP contribution in [0.3, 0.4) is 0 Å². The summed E-state index contributed by atoms with van der Waals surface area (Å²) in [7, 11) is 0. The van der Waals surface area contributed by atoms with Crippen LogP contribution in [0.2, 0.25) is 0 Å². The topological polar surface area (TPSA) is 84.0 Å². The smallest absolute Gasteiger partial charge is 0.270 e. The molecule has 2 N–H and O–H groups in total. The Labute approximate surface area is 159 Å². The van der Waals surface area contributed by atoms with E-state index in [2.05, 4.69) is 26.7 Å². The molecule has 0 atom stereocenters. The maximum atomic E-state index is 12.3. The van der Waals surface area contributed by atoms with Crippen LogP contribution >= 0.6 is 0 Å². The fourth-order valence-corrected chi connectivity index (χ4v) is 3.04. The van der Waals surface area contributed by atoms with Gasteiger partial charge in [0, 0.05) is 37.2 Å². The Morgan fingerprint density at radius 1 is 1.07 bits per heavy atom. The molecule has 0 bridgehead atoms. The van der Waals surface area contributed by atoms with Crippen LogP contribution < -0.4 is 10.6 Å². The van der Waals surface area contributed by atoms with Crippen molar-refractivity contribution in [2.45, 2.75) is 38.6 Å². The van der Waals surface area contributed by atoms with Gasteiger partial charge in [0.05, 0.1) is 0 Å². The summed E-state index contributed by atoms with van der Waals surface area (Å²) >= 11 is 0. The predicted molar refractivity (Wildman–Crippen MR) is 103 cm³/mol. The second kappa shape index (κ2) is 9.62. The average molecular weight is 364 g/mol. The van der Waals surface area contributed by atoms with E-state index < -0.39 is 0 Å². The quantitative estimate of drug-likeness (QED) is 0.740. The van der Waals surface area contributed by atoms with Gasteiger partial charge in [-0.2, -0.15) is 0 Å². The van der Waals surface area contributed by atoms with Crippen molar-refractivity contribution in [3.8, 4) is 0 Å². The summed E-state index contributed by atoms with van der Waals surface area (Å²) < 4.78 is 0. The number of hydrogen-bond acceptors (Lipinski definition) is 4. The minimum absolute atomic E-state index is 0.185. The summed E-state index contributed by atoms with van der Waals surface area (Å²) in [5, 5.41) is 5.71. The van der Waals surface area contributed by atoms with Crippen molar-refractivity contribution in [3.05, 3.63) is 71.3 Å². The van der Waals surface area contributed by atoms with Gasteiger partial charge in [-0.15, -0.1) is 0 Å². The molecule has 0 radical (unpaired) electrons. The fraction of sp³-hybridized carbons (Fsp3) is 0.333. The molecule has 0 aromatic carbocycles. The summed E-state index contributed by atoms with van der Waals surface area (Å²) in [5.74, 6) is -0.504. The monoisotopic (exact) mass is 364 g/mol. The van der Waals surface area contributed by atoms with E-state index in [1.54, 1.807) is 18.5 Å². The van der Waals surface area contributed by atoms with Crippen molar-refractivity contribution in [2.75, 3.05) is 6.54 Å². The number of rotatable bonds is 7. The van der Waals surface area contributed by atoms with Gasteiger partial charge in [0.1, 0.15) is 5.69 Å². The fourth-order valence-electron chi connectivity index (χ4n) is 3.04. The zero-order valence-electron chi connectivity index (χ0n) is 15.3. The van der Waals surface area contributed by atoms with Gasteiger partial charge >= 0.3 is 0 Å². The number of aromatic nitrogens is 2. The van der Waals surface area contributed by atoms with Gasteiger partial charge < -0.3 is 10.6 Å². The number of pyridine rings is 2. The summed E-state index contributed by atoms with van der Waals surface area (Å²) in [6, 6.07) is 6.83. The first-order valence-electron chi connectivity index (χ1n) is 9.31. The third-order valence-corrected chi connectivity index (χ3v) is 4.55. The second-order valence-corrected chi connectivity index (χ2v) is 6.59. The van der Waals surface area contributed by atoms with Crippen LogP contribution in [-0.4, -0.2) is 28.3 Å². The molecule has 140 valence electrons. The van der Waals surface area contributed by atoms with E-state index in [1.807, 2.05) is 12.1 Å². The van der Waals surface area contributed by atoms with Crippen LogP contribution in [0, 0.1) is 0 Å². The average Bonchev–Trinajstić information content (AvgIpc) is 2.73. The number of amides is 2. The molecule has 27 heavy (non-hydrogen) atoms. The summed E-state index contributed by atoms with van der Waals surface area (Å²) in [5.41, 5.74) is 2.99. The van der Waals surface area contributed by atoms with E-state index in [9.17, 15) is 9.59 Å². The van der Waals surface area contributed by atoms with Gasteiger partial charge in [-0.1, -0.05) is 17.7 Å². The molecule has 1 aliphatic rings. The van der Waals surface area contributed by atoms with Gasteiger partial charge in [-0.05, 0) is 55.9 Å². The third kappa shape index (κ3) is 5.74. The highest BCUT2D eigenvalue weighted by Gasteiger charge is 2.12. The number of carbonyl (C=O) groups excluding carboxylic acids is 2. The van der Waals surface area contributed by atoms with Crippen LogP contribution in [0.1, 0.15) is 58.5 Å². The van der Waals surface area contributed by atoms with Crippen molar-refractivity contribution >= 4 is 11.8 Å². The molecule has 2 heterocycles. The van der Waals surface area contributed by atoms with Crippen molar-refractivity contribution in [2.24, 2.45) is 0 Å². The lowest BCUT2D eigenvalue weighted by Gasteiger charge is -2.13. The van der Waals surface area contributed by atoms with Crippen molar-refractivity contribution in [1.29, 1.82) is 0 Å². The molecule has 3 rings (SSSR count). The molecule has 0 saturated carbocycles. The van der Waals surface area contributed by atoms with Crippen molar-refractivity contribution < 1.29 is 9.59 Å². The Morgan fingerprint density at radius 2 is 2.00 bits per heavy atom. The van der Waals surface area contributed by atoms with E-state index >= 15 is 0 Å². The van der Waals surface area contributed by atoms with Crippen molar-refractivity contribution in [1.82, 2.24) is 20.6 Å². The summed E-state index contributed by atoms with van der Waals surface area (Å²) in [6.07, 6.45) is 12.8. The van der Waals surface area contributed by atoms with E-state index in [1.165, 1.54) is 30.7 Å².